The van der Waals surface area contributed by atoms with Gasteiger partial charge in [0.1, 0.15) is 0 Å². The molecule has 5 heteroatoms. The van der Waals surface area contributed by atoms with E-state index < -0.39 is 11.9 Å². The largest absolute Gasteiger partial charge is 0.478 e. The molecule has 4 nitrogen and oxygen atoms in total. The first-order valence-corrected chi connectivity index (χ1v) is 11.5. The number of hydrogen-bond donors (Lipinski definition) is 1. The van der Waals surface area contributed by atoms with Crippen LogP contribution in [0.25, 0.3) is 0 Å². The second-order valence-corrected chi connectivity index (χ2v) is 7.84. The average Bonchev–Trinajstić information content (AvgIpc) is 3.31. The molecule has 29 heavy (non-hydrogen) atoms. The maximum absolute atomic E-state index is 12.3. The molecular weight excluding hydrogens is 384 g/mol. The molecule has 0 aliphatic heterocycles. The molecule has 0 saturated carbocycles. The summed E-state index contributed by atoms with van der Waals surface area (Å²) in [4.78, 5) is 23.7. The Morgan fingerprint density at radius 2 is 1.66 bits per heavy atom. The van der Waals surface area contributed by atoms with Crippen LogP contribution in [0.4, 0.5) is 0 Å². The summed E-state index contributed by atoms with van der Waals surface area (Å²) in [7, 11) is 0. The Balaban J connectivity index is 0.000000726. The van der Waals surface area contributed by atoms with Crippen LogP contribution in [0.1, 0.15) is 97.9 Å². The van der Waals surface area contributed by atoms with E-state index in [2.05, 4.69) is 13.8 Å². The minimum absolute atomic E-state index is 0.0194. The monoisotopic (exact) mass is 418 g/mol. The van der Waals surface area contributed by atoms with Gasteiger partial charge in [-0.1, -0.05) is 64.7 Å². The van der Waals surface area contributed by atoms with Crippen LogP contribution < -0.4 is 0 Å². The molecule has 0 fully saturated rings. The summed E-state index contributed by atoms with van der Waals surface area (Å²) < 4.78 is 5.23. The standard InChI is InChI=1S/C20H30O4.C4H4S/c1-4-7-10-15(9-6-3)16-11-12-17(19(21)22)18(14-16)20(23)24-13-8-5-2;1-2-4-5-3-1/h11-12,14-15H,4-10,13H2,1-3H3,(H,21,22);1-4H. The third-order valence-electron chi connectivity index (χ3n) is 4.67. The fourth-order valence-corrected chi connectivity index (χ4v) is 3.52. The maximum Gasteiger partial charge on any atom is 0.339 e. The highest BCUT2D eigenvalue weighted by molar-refractivity contribution is 7.07. The topological polar surface area (TPSA) is 63.6 Å². The number of esters is 1. The highest BCUT2D eigenvalue weighted by atomic mass is 32.1. The molecule has 1 N–H and O–H groups in total. The van der Waals surface area contributed by atoms with Crippen molar-refractivity contribution in [3.05, 3.63) is 57.8 Å². The van der Waals surface area contributed by atoms with Crippen molar-refractivity contribution in [3.63, 3.8) is 0 Å². The summed E-state index contributed by atoms with van der Waals surface area (Å²) in [5, 5.41) is 13.4. The third-order valence-corrected chi connectivity index (χ3v) is 5.29. The zero-order chi connectivity index (χ0) is 21.5. The van der Waals surface area contributed by atoms with E-state index in [9.17, 15) is 14.7 Å². The van der Waals surface area contributed by atoms with Gasteiger partial charge in [0.05, 0.1) is 17.7 Å². The number of ether oxygens (including phenoxy) is 1. The number of unbranched alkanes of at least 4 members (excludes halogenated alkanes) is 2. The van der Waals surface area contributed by atoms with Crippen LogP contribution in [-0.2, 0) is 4.74 Å². The van der Waals surface area contributed by atoms with Crippen LogP contribution in [-0.4, -0.2) is 23.7 Å². The van der Waals surface area contributed by atoms with Gasteiger partial charge in [0.15, 0.2) is 0 Å². The molecule has 0 bridgehead atoms. The summed E-state index contributed by atoms with van der Waals surface area (Å²) in [5.41, 5.74) is 1.23. The van der Waals surface area contributed by atoms with Crippen molar-refractivity contribution in [2.24, 2.45) is 0 Å². The predicted octanol–water partition coefficient (Wildman–Crippen LogP) is 7.16. The Morgan fingerprint density at radius 3 is 2.17 bits per heavy atom. The molecule has 160 valence electrons. The van der Waals surface area contributed by atoms with E-state index in [1.54, 1.807) is 23.5 Å². The zero-order valence-corrected chi connectivity index (χ0v) is 18.7. The molecule has 1 heterocycles. The molecule has 1 aromatic carbocycles. The van der Waals surface area contributed by atoms with Gasteiger partial charge in [0.2, 0.25) is 0 Å². The molecule has 2 rings (SSSR count). The molecule has 0 aliphatic carbocycles. The first kappa shape index (κ1) is 24.9. The Labute approximate surface area is 178 Å². The van der Waals surface area contributed by atoms with E-state index in [1.807, 2.05) is 35.9 Å². The van der Waals surface area contributed by atoms with E-state index in [1.165, 1.54) is 0 Å². The fraction of sp³-hybridized carbons (Fsp3) is 0.500. The zero-order valence-electron chi connectivity index (χ0n) is 17.9. The van der Waals surface area contributed by atoms with Gasteiger partial charge in [-0.2, -0.15) is 11.3 Å². The number of thiophene rings is 1. The van der Waals surface area contributed by atoms with E-state index >= 15 is 0 Å². The van der Waals surface area contributed by atoms with Crippen LogP contribution >= 0.6 is 11.3 Å². The number of hydrogen-bond acceptors (Lipinski definition) is 4. The molecule has 1 atom stereocenters. The maximum atomic E-state index is 12.3. The van der Waals surface area contributed by atoms with Crippen molar-refractivity contribution in [1.82, 2.24) is 0 Å². The minimum Gasteiger partial charge on any atom is -0.478 e. The van der Waals surface area contributed by atoms with Crippen LogP contribution in [0.3, 0.4) is 0 Å². The number of carboxylic acid groups (broad SMARTS) is 1. The molecular formula is C24H34O4S. The van der Waals surface area contributed by atoms with E-state index in [4.69, 9.17) is 4.74 Å². The second kappa shape index (κ2) is 14.8. The summed E-state index contributed by atoms with van der Waals surface area (Å²) in [6.07, 6.45) is 7.11. The molecule has 1 aromatic heterocycles. The highest BCUT2D eigenvalue weighted by Crippen LogP contribution is 2.29. The van der Waals surface area contributed by atoms with E-state index in [-0.39, 0.29) is 11.1 Å². The SMILES string of the molecule is CCCCOC(=O)c1cc(C(CCC)CCCC)ccc1C(=O)O.c1ccsc1. The average molecular weight is 419 g/mol. The van der Waals surface area contributed by atoms with Gasteiger partial charge in [0.25, 0.3) is 0 Å². The molecule has 0 saturated heterocycles. The first-order valence-electron chi connectivity index (χ1n) is 10.6. The second-order valence-electron chi connectivity index (χ2n) is 7.02. The molecule has 0 aliphatic rings. The molecule has 0 spiro atoms. The summed E-state index contributed by atoms with van der Waals surface area (Å²) >= 11 is 1.71. The van der Waals surface area contributed by atoms with Crippen molar-refractivity contribution >= 4 is 23.3 Å². The van der Waals surface area contributed by atoms with Crippen molar-refractivity contribution in [2.45, 2.75) is 71.6 Å². The van der Waals surface area contributed by atoms with Gasteiger partial charge >= 0.3 is 11.9 Å². The first-order chi connectivity index (χ1) is 14.0. The Kier molecular flexibility index (Phi) is 12.7. The fourth-order valence-electron chi connectivity index (χ4n) is 3.06. The van der Waals surface area contributed by atoms with Gasteiger partial charge in [-0.15, -0.1) is 0 Å². The minimum atomic E-state index is -1.09. The number of carboxylic acids is 1. The Bertz CT molecular complexity index is 692. The molecule has 2 aromatic rings. The normalized spacial score (nSPS) is 11.3. The summed E-state index contributed by atoms with van der Waals surface area (Å²) in [6.45, 7) is 6.64. The van der Waals surface area contributed by atoms with Crippen LogP contribution in [0.5, 0.6) is 0 Å². The lowest BCUT2D eigenvalue weighted by atomic mass is 9.88. The highest BCUT2D eigenvalue weighted by Gasteiger charge is 2.21. The van der Waals surface area contributed by atoms with E-state index in [0.29, 0.717) is 12.5 Å². The van der Waals surface area contributed by atoms with Gasteiger partial charge in [0, 0.05) is 0 Å². The van der Waals surface area contributed by atoms with Crippen molar-refractivity contribution in [1.29, 1.82) is 0 Å². The number of carbonyl (C=O) groups excluding carboxylic acids is 1. The number of rotatable bonds is 11. The molecule has 1 unspecified atom stereocenters. The molecule has 0 amide bonds. The van der Waals surface area contributed by atoms with Crippen LogP contribution in [0.2, 0.25) is 0 Å². The van der Waals surface area contributed by atoms with Crippen LogP contribution in [0, 0.1) is 0 Å². The van der Waals surface area contributed by atoms with Crippen molar-refractivity contribution in [2.75, 3.05) is 6.61 Å². The summed E-state index contributed by atoms with van der Waals surface area (Å²) in [6, 6.07) is 9.16. The lowest BCUT2D eigenvalue weighted by Crippen LogP contribution is -2.14. The quantitative estimate of drug-likeness (QED) is 0.310. The van der Waals surface area contributed by atoms with Gasteiger partial charge in [-0.05, 0) is 53.6 Å². The number of carbonyl (C=O) groups is 2. The number of aromatic carboxylic acids is 1. The summed E-state index contributed by atoms with van der Waals surface area (Å²) in [5.74, 6) is -1.27. The van der Waals surface area contributed by atoms with Crippen molar-refractivity contribution < 1.29 is 19.4 Å². The third kappa shape index (κ3) is 9.27. The van der Waals surface area contributed by atoms with Gasteiger partial charge in [-0.3, -0.25) is 0 Å². The number of benzene rings is 1. The van der Waals surface area contributed by atoms with Crippen molar-refractivity contribution in [3.8, 4) is 0 Å². The smallest absolute Gasteiger partial charge is 0.339 e. The lowest BCUT2D eigenvalue weighted by Gasteiger charge is -2.18. The lowest BCUT2D eigenvalue weighted by molar-refractivity contribution is 0.0489. The Morgan fingerprint density at radius 1 is 0.966 bits per heavy atom. The van der Waals surface area contributed by atoms with Gasteiger partial charge < -0.3 is 9.84 Å². The van der Waals surface area contributed by atoms with E-state index in [0.717, 1.165) is 50.5 Å². The predicted molar refractivity (Wildman–Crippen MR) is 120 cm³/mol. The van der Waals surface area contributed by atoms with Gasteiger partial charge in [-0.25, -0.2) is 9.59 Å². The van der Waals surface area contributed by atoms with Crippen LogP contribution in [0.15, 0.2) is 41.1 Å². The Hall–Kier alpha value is -2.14. The molecule has 0 radical (unpaired) electrons.